The first-order chi connectivity index (χ1) is 9.82. The molecule has 2 rings (SSSR count). The first-order valence-corrected chi connectivity index (χ1v) is 6.49. The van der Waals surface area contributed by atoms with Crippen LogP contribution < -0.4 is 10.6 Å². The maximum absolute atomic E-state index is 12.8. The van der Waals surface area contributed by atoms with Crippen LogP contribution in [0, 0.1) is 5.92 Å². The lowest BCUT2D eigenvalue weighted by Crippen LogP contribution is -2.42. The van der Waals surface area contributed by atoms with Gasteiger partial charge in [0, 0.05) is 13.1 Å². The molecule has 2 heterocycles. The van der Waals surface area contributed by atoms with E-state index >= 15 is 0 Å². The molecule has 8 heteroatoms. The Morgan fingerprint density at radius 2 is 2.19 bits per heavy atom. The third kappa shape index (κ3) is 3.37. The minimum atomic E-state index is -4.24. The average molecular weight is 303 g/mol. The number of piperidine rings is 1. The molecule has 2 N–H and O–H groups in total. The fraction of sp³-hybridized carbons (Fsp3) is 0.538. The van der Waals surface area contributed by atoms with Crippen molar-refractivity contribution in [2.24, 2.45) is 5.92 Å². The molecule has 1 unspecified atom stereocenters. The van der Waals surface area contributed by atoms with Gasteiger partial charge in [-0.15, -0.1) is 0 Å². The van der Waals surface area contributed by atoms with E-state index in [4.69, 9.17) is 5.73 Å². The zero-order chi connectivity index (χ0) is 15.6. The van der Waals surface area contributed by atoms with Gasteiger partial charge in [-0.3, -0.25) is 0 Å². The zero-order valence-electron chi connectivity index (χ0n) is 11.5. The molecule has 116 valence electrons. The Hall–Kier alpha value is -1.99. The largest absolute Gasteiger partial charge is 0.464 e. The topological polar surface area (TPSA) is 68.5 Å². The molecule has 1 atom stereocenters. The number of nitrogens with two attached hydrogens (primary N) is 1. The van der Waals surface area contributed by atoms with Crippen LogP contribution in [0.1, 0.15) is 23.3 Å². The molecule has 0 spiro atoms. The van der Waals surface area contributed by atoms with E-state index < -0.39 is 18.1 Å². The smallest absolute Gasteiger partial charge is 0.393 e. The van der Waals surface area contributed by atoms with Crippen LogP contribution in [-0.4, -0.2) is 37.3 Å². The molecule has 1 aliphatic rings. The van der Waals surface area contributed by atoms with Crippen molar-refractivity contribution in [3.63, 3.8) is 0 Å². The lowest BCUT2D eigenvalue weighted by molar-refractivity contribution is -0.176. The number of methoxy groups -OCH3 is 1. The Balaban J connectivity index is 2.26. The average Bonchev–Trinajstić information content (AvgIpc) is 2.46. The number of anilines is 2. The van der Waals surface area contributed by atoms with Gasteiger partial charge in [0.25, 0.3) is 0 Å². The van der Waals surface area contributed by atoms with Gasteiger partial charge in [0.15, 0.2) is 11.5 Å². The molecule has 1 aromatic rings. The number of nitrogen functional groups attached to an aromatic ring is 1. The van der Waals surface area contributed by atoms with Gasteiger partial charge >= 0.3 is 12.1 Å². The van der Waals surface area contributed by atoms with Gasteiger partial charge in [0.05, 0.1) is 18.7 Å². The summed E-state index contributed by atoms with van der Waals surface area (Å²) in [6.45, 7) is 0.222. The van der Waals surface area contributed by atoms with Crippen molar-refractivity contribution in [3.05, 3.63) is 17.8 Å². The van der Waals surface area contributed by atoms with Gasteiger partial charge in [-0.1, -0.05) is 0 Å². The van der Waals surface area contributed by atoms with Gasteiger partial charge in [-0.05, 0) is 25.0 Å². The lowest BCUT2D eigenvalue weighted by atomic mass is 9.97. The molecule has 1 fully saturated rings. The number of alkyl halides is 3. The molecular weight excluding hydrogens is 287 g/mol. The van der Waals surface area contributed by atoms with Crippen LogP contribution in [0.2, 0.25) is 0 Å². The van der Waals surface area contributed by atoms with E-state index in [0.717, 1.165) is 0 Å². The molecule has 0 saturated carbocycles. The molecule has 0 aliphatic carbocycles. The van der Waals surface area contributed by atoms with Crippen molar-refractivity contribution in [1.29, 1.82) is 0 Å². The summed E-state index contributed by atoms with van der Waals surface area (Å²) in [5.74, 6) is -1.86. The van der Waals surface area contributed by atoms with Crippen LogP contribution in [0.25, 0.3) is 0 Å². The maximum atomic E-state index is 12.8. The number of hydrogen-bond acceptors (Lipinski definition) is 5. The van der Waals surface area contributed by atoms with Crippen molar-refractivity contribution in [3.8, 4) is 0 Å². The zero-order valence-corrected chi connectivity index (χ0v) is 11.5. The number of ether oxygens (including phenoxy) is 1. The summed E-state index contributed by atoms with van der Waals surface area (Å²) in [4.78, 5) is 17.0. The number of carbonyl (C=O) groups is 1. The summed E-state index contributed by atoms with van der Waals surface area (Å²) in [6, 6.07) is 2.83. The van der Waals surface area contributed by atoms with Crippen LogP contribution in [0.3, 0.4) is 0 Å². The summed E-state index contributed by atoms with van der Waals surface area (Å²) in [7, 11) is 1.21. The Kier molecular flexibility index (Phi) is 4.24. The van der Waals surface area contributed by atoms with E-state index in [0.29, 0.717) is 13.0 Å². The molecule has 0 aromatic carbocycles. The number of rotatable bonds is 2. The summed E-state index contributed by atoms with van der Waals surface area (Å²) < 4.78 is 43.1. The second-order valence-corrected chi connectivity index (χ2v) is 4.93. The normalized spacial score (nSPS) is 19.4. The number of hydrogen-bond donors (Lipinski definition) is 1. The van der Waals surface area contributed by atoms with Crippen LogP contribution in [0.5, 0.6) is 0 Å². The summed E-state index contributed by atoms with van der Waals surface area (Å²) in [6.07, 6.45) is -3.75. The predicted octanol–water partition coefficient (Wildman–Crippen LogP) is 2.23. The van der Waals surface area contributed by atoms with E-state index in [2.05, 4.69) is 9.72 Å². The van der Waals surface area contributed by atoms with Crippen molar-refractivity contribution >= 4 is 17.5 Å². The molecule has 0 amide bonds. The van der Waals surface area contributed by atoms with Gasteiger partial charge in [-0.25, -0.2) is 9.78 Å². The van der Waals surface area contributed by atoms with E-state index in [1.807, 2.05) is 0 Å². The first-order valence-electron chi connectivity index (χ1n) is 6.49. The monoisotopic (exact) mass is 303 g/mol. The van der Waals surface area contributed by atoms with Crippen molar-refractivity contribution < 1.29 is 22.7 Å². The number of halogens is 3. The van der Waals surface area contributed by atoms with Crippen molar-refractivity contribution in [2.45, 2.75) is 19.0 Å². The Morgan fingerprint density at radius 3 is 2.81 bits per heavy atom. The fourth-order valence-corrected chi connectivity index (χ4v) is 2.37. The highest BCUT2D eigenvalue weighted by Gasteiger charge is 2.42. The van der Waals surface area contributed by atoms with Crippen LogP contribution in [-0.2, 0) is 4.74 Å². The highest BCUT2D eigenvalue weighted by molar-refractivity contribution is 5.88. The number of aromatic nitrogens is 1. The van der Waals surface area contributed by atoms with Crippen LogP contribution in [0.15, 0.2) is 12.1 Å². The van der Waals surface area contributed by atoms with Crippen molar-refractivity contribution in [2.75, 3.05) is 30.8 Å². The predicted molar refractivity (Wildman–Crippen MR) is 71.0 cm³/mol. The molecule has 1 aromatic heterocycles. The van der Waals surface area contributed by atoms with Gasteiger partial charge in [0.2, 0.25) is 0 Å². The van der Waals surface area contributed by atoms with E-state index in [1.54, 1.807) is 0 Å². The fourth-order valence-electron chi connectivity index (χ4n) is 2.37. The number of nitrogens with zero attached hydrogens (tertiary/aromatic N) is 2. The Bertz CT molecular complexity index is 534. The quantitative estimate of drug-likeness (QED) is 0.849. The standard InChI is InChI=1S/C13H16F3N3O2/c1-21-12(20)10-5-4-9(17)11(18-10)19-6-2-3-8(7-19)13(14,15)16/h4-5,8H,2-3,6-7,17H2,1H3. The number of pyridine rings is 1. The molecule has 1 saturated heterocycles. The van der Waals surface area contributed by atoms with Gasteiger partial charge in [-0.2, -0.15) is 13.2 Å². The third-order valence-electron chi connectivity index (χ3n) is 3.48. The Labute approximate surface area is 119 Å². The minimum Gasteiger partial charge on any atom is -0.464 e. The number of carbonyl (C=O) groups excluding carboxylic acids is 1. The lowest BCUT2D eigenvalue weighted by Gasteiger charge is -2.35. The third-order valence-corrected chi connectivity index (χ3v) is 3.48. The van der Waals surface area contributed by atoms with Gasteiger partial charge < -0.3 is 15.4 Å². The maximum Gasteiger partial charge on any atom is 0.393 e. The summed E-state index contributed by atoms with van der Waals surface area (Å²) in [5, 5.41) is 0. The number of esters is 1. The van der Waals surface area contributed by atoms with Gasteiger partial charge in [0.1, 0.15) is 0 Å². The second kappa shape index (κ2) is 5.79. The molecule has 1 aliphatic heterocycles. The highest BCUT2D eigenvalue weighted by atomic mass is 19.4. The molecule has 0 bridgehead atoms. The summed E-state index contributed by atoms with van der Waals surface area (Å²) >= 11 is 0. The molecule has 21 heavy (non-hydrogen) atoms. The SMILES string of the molecule is COC(=O)c1ccc(N)c(N2CCCC(C(F)(F)F)C2)n1. The minimum absolute atomic E-state index is 0.0239. The van der Waals surface area contributed by atoms with Crippen LogP contribution >= 0.6 is 0 Å². The Morgan fingerprint density at radius 1 is 1.48 bits per heavy atom. The highest BCUT2D eigenvalue weighted by Crippen LogP contribution is 2.35. The van der Waals surface area contributed by atoms with E-state index in [1.165, 1.54) is 24.1 Å². The molecular formula is C13H16F3N3O2. The van der Waals surface area contributed by atoms with Crippen molar-refractivity contribution in [1.82, 2.24) is 4.98 Å². The second-order valence-electron chi connectivity index (χ2n) is 4.93. The first kappa shape index (κ1) is 15.4. The summed E-state index contributed by atoms with van der Waals surface area (Å²) in [5.41, 5.74) is 6.04. The van der Waals surface area contributed by atoms with E-state index in [9.17, 15) is 18.0 Å². The van der Waals surface area contributed by atoms with Crippen LogP contribution in [0.4, 0.5) is 24.7 Å². The molecule has 0 radical (unpaired) electrons. The van der Waals surface area contributed by atoms with E-state index in [-0.39, 0.29) is 30.2 Å². The molecule has 5 nitrogen and oxygen atoms in total.